The van der Waals surface area contributed by atoms with Gasteiger partial charge in [0.15, 0.2) is 5.78 Å². The maximum Gasteiger partial charge on any atom is 0.337 e. The highest BCUT2D eigenvalue weighted by Gasteiger charge is 2.41. The second-order valence-electron chi connectivity index (χ2n) is 8.43. The van der Waals surface area contributed by atoms with E-state index in [1.165, 1.54) is 0 Å². The molecule has 1 aliphatic heterocycles. The van der Waals surface area contributed by atoms with Gasteiger partial charge in [-0.05, 0) is 56.4 Å². The monoisotopic (exact) mass is 479 g/mol. The summed E-state index contributed by atoms with van der Waals surface area (Å²) in [6.07, 6.45) is 0.934. The summed E-state index contributed by atoms with van der Waals surface area (Å²) in [5.41, 5.74) is 4.95. The number of esters is 1. The van der Waals surface area contributed by atoms with Crippen molar-refractivity contribution >= 4 is 27.7 Å². The summed E-state index contributed by atoms with van der Waals surface area (Å²) in [6.45, 7) is 5.56. The number of ketones is 1. The highest BCUT2D eigenvalue weighted by molar-refractivity contribution is 9.10. The molecule has 0 fully saturated rings. The van der Waals surface area contributed by atoms with E-state index in [-0.39, 0.29) is 23.8 Å². The summed E-state index contributed by atoms with van der Waals surface area (Å²) >= 11 is 3.48. The third kappa shape index (κ3) is 4.38. The van der Waals surface area contributed by atoms with Crippen molar-refractivity contribution in [2.24, 2.45) is 0 Å². The van der Waals surface area contributed by atoms with E-state index >= 15 is 0 Å². The molecule has 0 bridgehead atoms. The topological polar surface area (TPSA) is 55.4 Å². The van der Waals surface area contributed by atoms with Gasteiger partial charge in [-0.15, -0.1) is 0 Å². The summed E-state index contributed by atoms with van der Waals surface area (Å²) in [4.78, 5) is 26.6. The second kappa shape index (κ2) is 8.83. The predicted molar refractivity (Wildman–Crippen MR) is 124 cm³/mol. The quantitative estimate of drug-likeness (QED) is 0.566. The Balaban J connectivity index is 1.79. The minimum Gasteiger partial charge on any atom is -0.460 e. The van der Waals surface area contributed by atoms with Crippen LogP contribution in [0, 0.1) is 0 Å². The van der Waals surface area contributed by atoms with E-state index < -0.39 is 5.92 Å². The molecule has 2 aliphatic rings. The number of hydrogen-bond donors (Lipinski definition) is 1. The Kier molecular flexibility index (Phi) is 6.15. The van der Waals surface area contributed by atoms with Crippen molar-refractivity contribution in [2.75, 3.05) is 0 Å². The highest BCUT2D eigenvalue weighted by atomic mass is 79.9. The first-order valence-electron chi connectivity index (χ1n) is 10.6. The van der Waals surface area contributed by atoms with Crippen LogP contribution in [0.5, 0.6) is 0 Å². The Morgan fingerprint density at radius 2 is 1.71 bits per heavy atom. The van der Waals surface area contributed by atoms with Gasteiger partial charge < -0.3 is 10.1 Å². The third-order valence-corrected chi connectivity index (χ3v) is 6.39. The largest absolute Gasteiger partial charge is 0.460 e. The fourth-order valence-corrected chi connectivity index (χ4v) is 4.80. The molecule has 2 atom stereocenters. The van der Waals surface area contributed by atoms with Crippen LogP contribution >= 0.6 is 15.9 Å². The molecule has 5 heteroatoms. The Morgan fingerprint density at radius 1 is 1.03 bits per heavy atom. The number of halogens is 1. The molecule has 0 amide bonds. The zero-order valence-corrected chi connectivity index (χ0v) is 19.5. The van der Waals surface area contributed by atoms with Gasteiger partial charge in [0.2, 0.25) is 0 Å². The van der Waals surface area contributed by atoms with Gasteiger partial charge in [-0.3, -0.25) is 4.79 Å². The molecule has 4 rings (SSSR count). The Bertz CT molecular complexity index is 1070. The second-order valence-corrected chi connectivity index (χ2v) is 9.35. The van der Waals surface area contributed by atoms with Crippen LogP contribution in [-0.2, 0) is 14.3 Å². The number of rotatable bonds is 4. The van der Waals surface area contributed by atoms with Gasteiger partial charge in [0.05, 0.1) is 11.7 Å². The molecule has 0 saturated carbocycles. The van der Waals surface area contributed by atoms with Crippen LogP contribution in [0.15, 0.2) is 81.6 Å². The van der Waals surface area contributed by atoms with Gasteiger partial charge in [-0.2, -0.15) is 0 Å². The van der Waals surface area contributed by atoms with Crippen molar-refractivity contribution in [3.8, 4) is 0 Å². The van der Waals surface area contributed by atoms with E-state index in [9.17, 15) is 9.59 Å². The molecular weight excluding hydrogens is 454 g/mol. The van der Waals surface area contributed by atoms with Gasteiger partial charge in [-0.1, -0.05) is 58.4 Å². The molecule has 1 aliphatic carbocycles. The van der Waals surface area contributed by atoms with E-state index in [0.29, 0.717) is 17.6 Å². The number of carbonyl (C=O) groups excluding carboxylic acids is 2. The molecule has 31 heavy (non-hydrogen) atoms. The first-order chi connectivity index (χ1) is 14.8. The molecule has 0 saturated heterocycles. The minimum absolute atomic E-state index is 0.0814. The van der Waals surface area contributed by atoms with Crippen LogP contribution in [0.1, 0.15) is 56.6 Å². The van der Waals surface area contributed by atoms with Gasteiger partial charge in [0.1, 0.15) is 0 Å². The van der Waals surface area contributed by atoms with Gasteiger partial charge in [0, 0.05) is 33.8 Å². The lowest BCUT2D eigenvalue weighted by Gasteiger charge is -2.37. The average molecular weight is 480 g/mol. The minimum atomic E-state index is -0.431. The number of hydrogen-bond acceptors (Lipinski definition) is 4. The van der Waals surface area contributed by atoms with Crippen molar-refractivity contribution in [1.82, 2.24) is 5.32 Å². The highest BCUT2D eigenvalue weighted by Crippen LogP contribution is 2.45. The van der Waals surface area contributed by atoms with Crippen molar-refractivity contribution < 1.29 is 14.3 Å². The average Bonchev–Trinajstić information content (AvgIpc) is 2.73. The molecule has 160 valence electrons. The lowest BCUT2D eigenvalue weighted by atomic mass is 9.72. The molecule has 2 unspecified atom stereocenters. The summed E-state index contributed by atoms with van der Waals surface area (Å²) in [6, 6.07) is 18.0. The molecule has 2 aromatic rings. The summed E-state index contributed by atoms with van der Waals surface area (Å²) in [5, 5.41) is 3.39. The number of ether oxygens (including phenoxy) is 1. The Labute approximate surface area is 191 Å². The molecular formula is C26H26BrNO3. The summed E-state index contributed by atoms with van der Waals surface area (Å²) in [5.74, 6) is -0.599. The van der Waals surface area contributed by atoms with Crippen LogP contribution < -0.4 is 5.32 Å². The number of Topliss-reactive ketones (excluding diaryl/α,β-unsaturated/α-hetero) is 1. The van der Waals surface area contributed by atoms with E-state index in [4.69, 9.17) is 4.74 Å². The van der Waals surface area contributed by atoms with Crippen LogP contribution in [0.4, 0.5) is 0 Å². The lowest BCUT2D eigenvalue weighted by molar-refractivity contribution is -0.143. The SMILES string of the molecule is CC1=C(C(=O)OC(C)C)C(c2ccc(Br)cc2)C2=C(CC(c3ccccc3)CC2=O)N1. The predicted octanol–water partition coefficient (Wildman–Crippen LogP) is 5.76. The standard InChI is InChI=1S/C26H26BrNO3/c1-15(2)31-26(30)23-16(3)28-21-13-19(17-7-5-4-6-8-17)14-22(29)25(21)24(23)18-9-11-20(27)12-10-18/h4-12,15,19,24,28H,13-14H2,1-3H3. The number of allylic oxidation sites excluding steroid dienone is 3. The number of nitrogens with one attached hydrogen (secondary N) is 1. The van der Waals surface area contributed by atoms with Crippen molar-refractivity contribution in [2.45, 2.75) is 51.6 Å². The smallest absolute Gasteiger partial charge is 0.337 e. The number of dihydropyridines is 1. The maximum atomic E-state index is 13.5. The van der Waals surface area contributed by atoms with Crippen molar-refractivity contribution in [3.63, 3.8) is 0 Å². The molecule has 4 nitrogen and oxygen atoms in total. The Morgan fingerprint density at radius 3 is 2.35 bits per heavy atom. The number of carbonyl (C=O) groups is 2. The van der Waals surface area contributed by atoms with Crippen LogP contribution in [0.3, 0.4) is 0 Å². The first kappa shape index (κ1) is 21.6. The lowest BCUT2D eigenvalue weighted by Crippen LogP contribution is -2.36. The van der Waals surface area contributed by atoms with Gasteiger partial charge in [0.25, 0.3) is 0 Å². The van der Waals surface area contributed by atoms with Crippen molar-refractivity contribution in [1.29, 1.82) is 0 Å². The van der Waals surface area contributed by atoms with Crippen molar-refractivity contribution in [3.05, 3.63) is 92.7 Å². The molecule has 0 spiro atoms. The molecule has 0 aromatic heterocycles. The molecule has 1 heterocycles. The third-order valence-electron chi connectivity index (χ3n) is 5.86. The van der Waals surface area contributed by atoms with E-state index in [0.717, 1.165) is 33.4 Å². The zero-order valence-electron chi connectivity index (χ0n) is 17.9. The van der Waals surface area contributed by atoms with Crippen LogP contribution in [0.25, 0.3) is 0 Å². The first-order valence-corrected chi connectivity index (χ1v) is 11.4. The number of benzene rings is 2. The van der Waals surface area contributed by atoms with Crippen LogP contribution in [0.2, 0.25) is 0 Å². The summed E-state index contributed by atoms with van der Waals surface area (Å²) in [7, 11) is 0. The normalized spacial score (nSPS) is 21.1. The fourth-order valence-electron chi connectivity index (χ4n) is 4.54. The molecule has 2 aromatic carbocycles. The fraction of sp³-hybridized carbons (Fsp3) is 0.308. The van der Waals surface area contributed by atoms with E-state index in [2.05, 4.69) is 33.4 Å². The van der Waals surface area contributed by atoms with Gasteiger partial charge in [-0.25, -0.2) is 4.79 Å². The summed E-state index contributed by atoms with van der Waals surface area (Å²) < 4.78 is 6.51. The van der Waals surface area contributed by atoms with Gasteiger partial charge >= 0.3 is 5.97 Å². The van der Waals surface area contributed by atoms with Crippen LogP contribution in [-0.4, -0.2) is 17.9 Å². The zero-order chi connectivity index (χ0) is 22.1. The molecule has 0 radical (unpaired) electrons. The maximum absolute atomic E-state index is 13.5. The molecule has 1 N–H and O–H groups in total. The Hall–Kier alpha value is -2.66. The van der Waals surface area contributed by atoms with E-state index in [1.54, 1.807) is 0 Å². The van der Waals surface area contributed by atoms with E-state index in [1.807, 2.05) is 63.2 Å².